The molecule has 2 saturated heterocycles. The van der Waals surface area contributed by atoms with E-state index >= 15 is 0 Å². The molecule has 1 aromatic heterocycles. The number of piperidine rings is 1. The van der Waals surface area contributed by atoms with Crippen LogP contribution < -0.4 is 9.64 Å². The first-order valence-electron chi connectivity index (χ1n) is 11.5. The van der Waals surface area contributed by atoms with Crippen LogP contribution >= 0.6 is 0 Å². The molecule has 2 aliphatic heterocycles. The first-order chi connectivity index (χ1) is 15.7. The summed E-state index contributed by atoms with van der Waals surface area (Å²) in [6.07, 6.45) is 1.85. The third-order valence-electron chi connectivity index (χ3n) is 6.76. The number of ether oxygens (including phenoxy) is 1. The van der Waals surface area contributed by atoms with Crippen molar-refractivity contribution in [2.75, 3.05) is 51.3 Å². The van der Waals surface area contributed by atoms with E-state index in [1.807, 2.05) is 30.3 Å². The predicted molar refractivity (Wildman–Crippen MR) is 126 cm³/mol. The predicted octanol–water partition coefficient (Wildman–Crippen LogP) is 3.13. The highest BCUT2D eigenvalue weighted by Gasteiger charge is 2.30. The maximum atomic E-state index is 13.1. The number of aromatic amines is 1. The molecule has 0 unspecified atom stereocenters. The molecule has 0 aliphatic carbocycles. The highest BCUT2D eigenvalue weighted by molar-refractivity contribution is 5.79. The number of rotatable bonds is 5. The zero-order valence-corrected chi connectivity index (χ0v) is 18.7. The number of carbonyl (C=O) groups excluding carboxylic acids is 1. The van der Waals surface area contributed by atoms with Crippen molar-refractivity contribution in [3.63, 3.8) is 0 Å². The average molecular weight is 434 g/mol. The Morgan fingerprint density at radius 2 is 1.81 bits per heavy atom. The molecule has 168 valence electrons. The van der Waals surface area contributed by atoms with Gasteiger partial charge in [-0.1, -0.05) is 18.2 Å². The minimum Gasteiger partial charge on any atom is -0.497 e. The van der Waals surface area contributed by atoms with Crippen LogP contribution in [0.5, 0.6) is 5.75 Å². The van der Waals surface area contributed by atoms with E-state index in [2.05, 4.69) is 37.9 Å². The number of fused-ring (bicyclic) bond motifs is 1. The monoisotopic (exact) mass is 433 g/mol. The lowest BCUT2D eigenvalue weighted by molar-refractivity contribution is -0.137. The zero-order chi connectivity index (χ0) is 21.9. The molecule has 5 rings (SSSR count). The fraction of sp³-hybridized carbons (Fsp3) is 0.440. The first kappa shape index (κ1) is 20.8. The van der Waals surface area contributed by atoms with Gasteiger partial charge in [0.15, 0.2) is 0 Å². The Hall–Kier alpha value is -3.06. The molecular weight excluding hydrogens is 402 g/mol. The molecule has 0 radical (unpaired) electrons. The maximum Gasteiger partial charge on any atom is 0.225 e. The normalized spacial score (nSPS) is 18.3. The summed E-state index contributed by atoms with van der Waals surface area (Å²) in [6, 6.07) is 16.3. The number of aromatic nitrogens is 2. The van der Waals surface area contributed by atoms with Crippen LogP contribution in [0, 0.1) is 5.92 Å². The summed E-state index contributed by atoms with van der Waals surface area (Å²) in [7, 11) is 1.69. The zero-order valence-electron chi connectivity index (χ0n) is 18.7. The number of nitrogens with one attached hydrogen (secondary N) is 1. The number of hydrogen-bond donors (Lipinski definition) is 1. The van der Waals surface area contributed by atoms with E-state index < -0.39 is 0 Å². The van der Waals surface area contributed by atoms with Crippen LogP contribution in [0.1, 0.15) is 18.7 Å². The lowest BCUT2D eigenvalue weighted by atomic mass is 9.95. The van der Waals surface area contributed by atoms with Gasteiger partial charge in [-0.3, -0.25) is 9.69 Å². The highest BCUT2D eigenvalue weighted by Crippen LogP contribution is 2.25. The minimum absolute atomic E-state index is 0.144. The van der Waals surface area contributed by atoms with E-state index in [0.29, 0.717) is 5.91 Å². The van der Waals surface area contributed by atoms with Gasteiger partial charge in [0.05, 0.1) is 24.7 Å². The second kappa shape index (κ2) is 9.20. The number of H-pyrrole nitrogens is 1. The van der Waals surface area contributed by atoms with Crippen molar-refractivity contribution in [1.82, 2.24) is 19.8 Å². The number of carbonyl (C=O) groups is 1. The van der Waals surface area contributed by atoms with Crippen LogP contribution in [0.2, 0.25) is 0 Å². The summed E-state index contributed by atoms with van der Waals surface area (Å²) in [4.78, 5) is 28.0. The molecule has 0 spiro atoms. The number of hydrogen-bond acceptors (Lipinski definition) is 5. The SMILES string of the molecule is COc1cccc(N2CCN(C(=O)C3CCN(Cc4nc5ccccc5[nH]4)CC3)CC2)c1. The van der Waals surface area contributed by atoms with E-state index in [1.54, 1.807) is 7.11 Å². The number of methoxy groups -OCH3 is 1. The van der Waals surface area contributed by atoms with Gasteiger partial charge in [0.1, 0.15) is 11.6 Å². The average Bonchev–Trinajstić information content (AvgIpc) is 3.26. The highest BCUT2D eigenvalue weighted by atomic mass is 16.5. The molecule has 1 amide bonds. The number of piperazine rings is 1. The smallest absolute Gasteiger partial charge is 0.225 e. The van der Waals surface area contributed by atoms with Crippen molar-refractivity contribution >= 4 is 22.6 Å². The number of amides is 1. The molecule has 0 atom stereocenters. The quantitative estimate of drug-likeness (QED) is 0.670. The van der Waals surface area contributed by atoms with Gasteiger partial charge < -0.3 is 19.5 Å². The molecule has 7 nitrogen and oxygen atoms in total. The number of likely N-dealkylation sites (tertiary alicyclic amines) is 1. The molecule has 7 heteroatoms. The topological polar surface area (TPSA) is 64.7 Å². The molecule has 1 N–H and O–H groups in total. The van der Waals surface area contributed by atoms with E-state index in [4.69, 9.17) is 9.72 Å². The van der Waals surface area contributed by atoms with Crippen LogP contribution in [0.3, 0.4) is 0 Å². The summed E-state index contributed by atoms with van der Waals surface area (Å²) in [5.74, 6) is 2.35. The second-order valence-corrected chi connectivity index (χ2v) is 8.76. The minimum atomic E-state index is 0.144. The largest absolute Gasteiger partial charge is 0.497 e. The summed E-state index contributed by atoms with van der Waals surface area (Å²) in [5.41, 5.74) is 3.26. The number of anilines is 1. The molecule has 32 heavy (non-hydrogen) atoms. The maximum absolute atomic E-state index is 13.1. The fourth-order valence-corrected chi connectivity index (χ4v) is 4.88. The lowest BCUT2D eigenvalue weighted by Crippen LogP contribution is -2.51. The molecule has 0 saturated carbocycles. The van der Waals surface area contributed by atoms with Crippen LogP contribution in [-0.4, -0.2) is 72.1 Å². The number of nitrogens with zero attached hydrogens (tertiary/aromatic N) is 4. The van der Waals surface area contributed by atoms with Crippen LogP contribution in [0.15, 0.2) is 48.5 Å². The Kier molecular flexibility index (Phi) is 5.99. The molecular formula is C25H31N5O2. The van der Waals surface area contributed by atoms with Gasteiger partial charge in [-0.05, 0) is 50.2 Å². The van der Waals surface area contributed by atoms with Gasteiger partial charge >= 0.3 is 0 Å². The summed E-state index contributed by atoms with van der Waals surface area (Å²) < 4.78 is 5.34. The molecule has 2 aromatic carbocycles. The Morgan fingerprint density at radius 1 is 1.03 bits per heavy atom. The van der Waals surface area contributed by atoms with Crippen molar-refractivity contribution < 1.29 is 9.53 Å². The van der Waals surface area contributed by atoms with Gasteiger partial charge in [0, 0.05) is 43.9 Å². The van der Waals surface area contributed by atoms with Crippen LogP contribution in [-0.2, 0) is 11.3 Å². The van der Waals surface area contributed by atoms with Gasteiger partial charge in [-0.2, -0.15) is 0 Å². The third-order valence-corrected chi connectivity index (χ3v) is 6.76. The van der Waals surface area contributed by atoms with Crippen LogP contribution in [0.25, 0.3) is 11.0 Å². The van der Waals surface area contributed by atoms with Gasteiger partial charge in [0.25, 0.3) is 0 Å². The van der Waals surface area contributed by atoms with E-state index in [0.717, 1.165) is 86.9 Å². The second-order valence-electron chi connectivity index (χ2n) is 8.76. The van der Waals surface area contributed by atoms with E-state index in [9.17, 15) is 4.79 Å². The van der Waals surface area contributed by atoms with Crippen molar-refractivity contribution in [3.8, 4) is 5.75 Å². The lowest BCUT2D eigenvalue weighted by Gasteiger charge is -2.39. The standard InChI is InChI=1S/C25H31N5O2/c1-32-21-6-4-5-20(17-21)29-13-15-30(16-14-29)25(31)19-9-11-28(12-10-19)18-24-26-22-7-2-3-8-23(22)27-24/h2-8,17,19H,9-16,18H2,1H3,(H,26,27). The summed E-state index contributed by atoms with van der Waals surface area (Å²) >= 11 is 0. The fourth-order valence-electron chi connectivity index (χ4n) is 4.88. The van der Waals surface area contributed by atoms with Gasteiger partial charge in [-0.25, -0.2) is 4.98 Å². The number of imidazole rings is 1. The molecule has 2 aliphatic rings. The third kappa shape index (κ3) is 4.43. The molecule has 3 heterocycles. The Labute approximate surface area is 189 Å². The molecule has 3 aromatic rings. The van der Waals surface area contributed by atoms with Crippen molar-refractivity contribution in [2.45, 2.75) is 19.4 Å². The molecule has 2 fully saturated rings. The number of para-hydroxylation sites is 2. The van der Waals surface area contributed by atoms with Crippen LogP contribution in [0.4, 0.5) is 5.69 Å². The summed E-state index contributed by atoms with van der Waals surface area (Å²) in [6.45, 7) is 6.00. The Morgan fingerprint density at radius 3 is 2.56 bits per heavy atom. The van der Waals surface area contributed by atoms with Crippen molar-refractivity contribution in [1.29, 1.82) is 0 Å². The van der Waals surface area contributed by atoms with E-state index in [-0.39, 0.29) is 5.92 Å². The molecule has 0 bridgehead atoms. The first-order valence-corrected chi connectivity index (χ1v) is 11.5. The number of benzene rings is 2. The Balaban J connectivity index is 1.10. The van der Waals surface area contributed by atoms with Gasteiger partial charge in [-0.15, -0.1) is 0 Å². The Bertz CT molecular complexity index is 1030. The van der Waals surface area contributed by atoms with Crippen molar-refractivity contribution in [2.24, 2.45) is 5.92 Å². The van der Waals surface area contributed by atoms with Gasteiger partial charge in [0.2, 0.25) is 5.91 Å². The van der Waals surface area contributed by atoms with E-state index in [1.165, 1.54) is 0 Å². The van der Waals surface area contributed by atoms with Crippen molar-refractivity contribution in [3.05, 3.63) is 54.4 Å². The summed E-state index contributed by atoms with van der Waals surface area (Å²) in [5, 5.41) is 0.